The topological polar surface area (TPSA) is 185 Å². The Balaban J connectivity index is 1.55. The number of unbranched alkanes of at least 4 members (excludes halogenated alkanes) is 1. The fourth-order valence-corrected chi connectivity index (χ4v) is 10.9. The molecule has 0 spiro atoms. The highest BCUT2D eigenvalue weighted by Crippen LogP contribution is 2.42. The van der Waals surface area contributed by atoms with Crippen LogP contribution < -0.4 is 0 Å². The molecule has 5 rings (SSSR count). The summed E-state index contributed by atoms with van der Waals surface area (Å²) >= 11 is 1.89. The molecule has 0 bridgehead atoms. The quantitative estimate of drug-likeness (QED) is 0.101. The van der Waals surface area contributed by atoms with Crippen LogP contribution in [-0.2, 0) is 47.5 Å². The fraction of sp³-hybridized carbons (Fsp3) is 0.745. The van der Waals surface area contributed by atoms with Crippen molar-refractivity contribution >= 4 is 51.3 Å². The van der Waals surface area contributed by atoms with Crippen LogP contribution in [0.5, 0.6) is 0 Å². The van der Waals surface area contributed by atoms with Crippen LogP contribution in [-0.4, -0.2) is 154 Å². The summed E-state index contributed by atoms with van der Waals surface area (Å²) in [5.74, 6) is -4.21. The van der Waals surface area contributed by atoms with Crippen LogP contribution in [0.25, 0.3) is 17.0 Å². The first-order valence-electron chi connectivity index (χ1n) is 24.0. The highest BCUT2D eigenvalue weighted by molar-refractivity contribution is 14.1. The van der Waals surface area contributed by atoms with E-state index in [1.807, 2.05) is 93.7 Å². The van der Waals surface area contributed by atoms with Crippen LogP contribution in [0.2, 0.25) is 0 Å². The zero-order chi connectivity index (χ0) is 49.6. The number of pyridine rings is 1. The van der Waals surface area contributed by atoms with Crippen molar-refractivity contribution in [3.8, 4) is 0 Å². The number of likely N-dealkylation sites (N-methyl/N-ethyl adjacent to an activating group) is 1. The molecular formula is C51H79IN2O13. The second-order valence-electron chi connectivity index (χ2n) is 20.1. The Hall–Kier alpha value is -2.20. The van der Waals surface area contributed by atoms with Gasteiger partial charge in [0.2, 0.25) is 0 Å². The number of benzene rings is 1. The third kappa shape index (κ3) is 13.0. The SMILES string of the molecule is CCCCN(C)[C@H]1C[C@@H](C)O[C@@H](O[C@@H]2[C@@H](C)[C@H](O[C@H]3C[C@@](C)(OC)[C@@H](O)[C@H](C)O3)[C@@H](C)C(=O)O[C@H](I)[C@@](C)(O)[C@H](OC/C=C/c3cnc4ccccc4c3)[C@@H](C)C(=O)[C@H](C)C[C@@]2(C)OC)[C@@H]1O. The van der Waals surface area contributed by atoms with Gasteiger partial charge >= 0.3 is 5.97 Å². The van der Waals surface area contributed by atoms with E-state index in [9.17, 15) is 24.9 Å². The standard InChI is InChI=1S/C51H79IN2O13/c1-14-15-22-54(11)38-24-30(3)63-47(41(38)56)66-44-32(5)42(65-39-27-49(8,60-12)43(57)34(7)64-39)33(6)46(58)67-48(52)51(10,59)45(31(4)40(55)29(2)26-50(44,9)61-13)62-23-18-19-35-25-36-20-16-17-21-37(36)53-28-35/h16-21,25,28-34,38-39,41-45,47-48,56-57,59H,14-15,22-24,26-27H2,1-13H3/b19-18+/t29-,30-,31+,32+,33-,34+,38+,39+,41-,42+,43+,44-,45-,47+,48+,49-,50-,51+/m1/s1. The lowest BCUT2D eigenvalue weighted by molar-refractivity contribution is -0.319. The molecule has 0 aliphatic carbocycles. The van der Waals surface area contributed by atoms with Crippen molar-refractivity contribution in [2.75, 3.05) is 34.4 Å². The molecule has 67 heavy (non-hydrogen) atoms. The van der Waals surface area contributed by atoms with Crippen molar-refractivity contribution in [3.63, 3.8) is 0 Å². The van der Waals surface area contributed by atoms with Crippen LogP contribution in [0.4, 0.5) is 0 Å². The van der Waals surface area contributed by atoms with Gasteiger partial charge in [-0.05, 0) is 115 Å². The van der Waals surface area contributed by atoms with Gasteiger partial charge < -0.3 is 58.1 Å². The smallest absolute Gasteiger partial charge is 0.312 e. The van der Waals surface area contributed by atoms with Gasteiger partial charge in [-0.1, -0.05) is 64.5 Å². The molecule has 3 fully saturated rings. The number of ketones is 1. The van der Waals surface area contributed by atoms with Gasteiger partial charge in [0.25, 0.3) is 0 Å². The molecule has 3 N–H and O–H groups in total. The summed E-state index contributed by atoms with van der Waals surface area (Å²) in [6, 6.07) is 9.56. The lowest BCUT2D eigenvalue weighted by Crippen LogP contribution is -2.61. The van der Waals surface area contributed by atoms with Gasteiger partial charge in [-0.3, -0.25) is 14.6 Å². The number of nitrogens with zero attached hydrogens (tertiary/aromatic N) is 2. The number of para-hydroxylation sites is 1. The highest BCUT2D eigenvalue weighted by atomic mass is 127. The van der Waals surface area contributed by atoms with E-state index in [0.29, 0.717) is 6.42 Å². The summed E-state index contributed by atoms with van der Waals surface area (Å²) in [4.78, 5) is 36.1. The molecule has 378 valence electrons. The lowest BCUT2D eigenvalue weighted by atomic mass is 9.74. The van der Waals surface area contributed by atoms with Crippen molar-refractivity contribution < 1.29 is 62.8 Å². The van der Waals surface area contributed by atoms with Crippen LogP contribution in [0.15, 0.2) is 42.6 Å². The van der Waals surface area contributed by atoms with Crippen LogP contribution >= 0.6 is 22.6 Å². The molecule has 3 aliphatic rings. The normalized spacial score (nSPS) is 40.8. The molecule has 0 radical (unpaired) electrons. The van der Waals surface area contributed by atoms with Crippen LogP contribution in [0.3, 0.4) is 0 Å². The third-order valence-electron chi connectivity index (χ3n) is 14.7. The second kappa shape index (κ2) is 23.8. The molecular weight excluding hydrogens is 975 g/mol. The zero-order valence-corrected chi connectivity index (χ0v) is 44.1. The molecule has 0 saturated carbocycles. The van der Waals surface area contributed by atoms with E-state index >= 15 is 0 Å². The average Bonchev–Trinajstić information content (AvgIpc) is 3.30. The molecule has 18 atom stereocenters. The summed E-state index contributed by atoms with van der Waals surface area (Å²) in [5, 5.41) is 36.5. The van der Waals surface area contributed by atoms with Crippen molar-refractivity contribution in [1.29, 1.82) is 0 Å². The van der Waals surface area contributed by atoms with Crippen molar-refractivity contribution in [1.82, 2.24) is 9.88 Å². The van der Waals surface area contributed by atoms with Crippen LogP contribution in [0.1, 0.15) is 107 Å². The number of carbonyl (C=O) groups excluding carboxylic acids is 2. The van der Waals surface area contributed by atoms with Crippen molar-refractivity contribution in [2.24, 2.45) is 23.7 Å². The molecule has 3 aliphatic heterocycles. The Morgan fingerprint density at radius 3 is 2.30 bits per heavy atom. The second-order valence-corrected chi connectivity index (χ2v) is 21.2. The summed E-state index contributed by atoms with van der Waals surface area (Å²) in [5.41, 5.74) is -2.45. The third-order valence-corrected chi connectivity index (χ3v) is 16.2. The molecule has 2 aromatic rings. The Labute approximate surface area is 412 Å². The number of ether oxygens (including phenoxy) is 8. The minimum Gasteiger partial charge on any atom is -0.448 e. The van der Waals surface area contributed by atoms with Gasteiger partial charge in [-0.2, -0.15) is 0 Å². The van der Waals surface area contributed by atoms with Gasteiger partial charge in [0.15, 0.2) is 16.7 Å². The molecule has 16 heteroatoms. The molecule has 3 saturated heterocycles. The number of rotatable bonds is 14. The first-order valence-corrected chi connectivity index (χ1v) is 25.3. The number of fused-ring (bicyclic) bond motifs is 1. The maximum absolute atomic E-state index is 14.8. The van der Waals surface area contributed by atoms with E-state index in [0.717, 1.165) is 35.9 Å². The van der Waals surface area contributed by atoms with Gasteiger partial charge in [0.05, 0.1) is 53.7 Å². The average molecular weight is 1060 g/mol. The van der Waals surface area contributed by atoms with Gasteiger partial charge in [0, 0.05) is 56.0 Å². The van der Waals surface area contributed by atoms with E-state index in [2.05, 4.69) is 16.8 Å². The molecule has 4 heterocycles. The summed E-state index contributed by atoms with van der Waals surface area (Å²) in [6.45, 7) is 18.9. The number of aromatic nitrogens is 1. The minimum atomic E-state index is -1.87. The Kier molecular flexibility index (Phi) is 19.8. The number of cyclic esters (lactones) is 1. The number of esters is 1. The predicted octanol–water partition coefficient (Wildman–Crippen LogP) is 6.88. The maximum Gasteiger partial charge on any atom is 0.312 e. The molecule has 0 unspecified atom stereocenters. The van der Waals surface area contributed by atoms with E-state index < -0.39 is 99.8 Å². The number of aliphatic hydroxyl groups excluding tert-OH is 2. The highest BCUT2D eigenvalue weighted by Gasteiger charge is 2.54. The van der Waals surface area contributed by atoms with Crippen molar-refractivity contribution in [3.05, 3.63) is 48.2 Å². The Bertz CT molecular complexity index is 1960. The first-order chi connectivity index (χ1) is 31.5. The number of hydrogen-bond acceptors (Lipinski definition) is 15. The summed E-state index contributed by atoms with van der Waals surface area (Å²) < 4.78 is 50.3. The minimum absolute atomic E-state index is 0.0259. The summed E-state index contributed by atoms with van der Waals surface area (Å²) in [6.07, 6.45) is 0.0452. The van der Waals surface area contributed by atoms with Crippen molar-refractivity contribution in [2.45, 2.75) is 184 Å². The van der Waals surface area contributed by atoms with Gasteiger partial charge in [0.1, 0.15) is 29.7 Å². The maximum atomic E-state index is 14.8. The monoisotopic (exact) mass is 1050 g/mol. The number of aliphatic hydroxyl groups is 3. The zero-order valence-electron chi connectivity index (χ0n) is 41.9. The lowest BCUT2D eigenvalue weighted by Gasteiger charge is -2.50. The van der Waals surface area contributed by atoms with Gasteiger partial charge in [-0.25, -0.2) is 0 Å². The first kappa shape index (κ1) is 55.7. The molecule has 1 aromatic carbocycles. The van der Waals surface area contributed by atoms with E-state index in [1.54, 1.807) is 47.1 Å². The number of halogens is 1. The molecule has 1 aromatic heterocycles. The van der Waals surface area contributed by atoms with Crippen LogP contribution in [0, 0.1) is 23.7 Å². The number of hydrogen-bond donors (Lipinski definition) is 3. The molecule has 15 nitrogen and oxygen atoms in total. The predicted molar refractivity (Wildman–Crippen MR) is 263 cm³/mol. The number of carbonyl (C=O) groups is 2. The van der Waals surface area contributed by atoms with E-state index in [1.165, 1.54) is 14.0 Å². The molecule has 0 amide bonds. The van der Waals surface area contributed by atoms with E-state index in [-0.39, 0.29) is 37.4 Å². The Morgan fingerprint density at radius 2 is 1.63 bits per heavy atom. The van der Waals surface area contributed by atoms with E-state index in [4.69, 9.17) is 37.9 Å². The largest absolute Gasteiger partial charge is 0.448 e. The number of Topliss-reactive ketones (excluding diaryl/α,β-unsaturated/α-hetero) is 1. The summed E-state index contributed by atoms with van der Waals surface area (Å²) in [7, 11) is 5.07. The fourth-order valence-electron chi connectivity index (χ4n) is 10.3. The number of alkyl halides is 1. The Morgan fingerprint density at radius 1 is 0.940 bits per heavy atom. The number of methoxy groups -OCH3 is 2. The van der Waals surface area contributed by atoms with Gasteiger partial charge in [-0.15, -0.1) is 0 Å².